The molecule has 0 spiro atoms. The molecule has 2 aromatic rings. The zero-order chi connectivity index (χ0) is 27.2. The number of rotatable bonds is 6. The van der Waals surface area contributed by atoms with Gasteiger partial charge in [-0.2, -0.15) is 0 Å². The van der Waals surface area contributed by atoms with Crippen LogP contribution in [-0.2, 0) is 9.53 Å². The summed E-state index contributed by atoms with van der Waals surface area (Å²) in [5.41, 5.74) is 0.320. The molecule has 0 bridgehead atoms. The Kier molecular flexibility index (Phi) is 9.26. The van der Waals surface area contributed by atoms with Crippen LogP contribution in [0.1, 0.15) is 24.2 Å². The third-order valence-corrected chi connectivity index (χ3v) is 7.45. The molecular weight excluding hydrogens is 535 g/mol. The first-order valence-electron chi connectivity index (χ1n) is 12.4. The summed E-state index contributed by atoms with van der Waals surface area (Å²) in [5, 5.41) is 0.649. The number of anilines is 1. The maximum Gasteiger partial charge on any atom is 0.409 e. The fraction of sp³-hybridized carbons (Fsp3) is 0.480. The van der Waals surface area contributed by atoms with E-state index in [0.29, 0.717) is 69.0 Å². The molecule has 2 aliphatic rings. The summed E-state index contributed by atoms with van der Waals surface area (Å²) in [7, 11) is 0. The number of carbonyl (C=O) groups is 3. The van der Waals surface area contributed by atoms with Crippen LogP contribution in [0.5, 0.6) is 0 Å². The molecule has 1 aromatic heterocycles. The van der Waals surface area contributed by atoms with Crippen molar-refractivity contribution in [1.29, 1.82) is 0 Å². The third-order valence-electron chi connectivity index (χ3n) is 6.43. The molecule has 4 rings (SSSR count). The smallest absolute Gasteiger partial charge is 0.409 e. The zero-order valence-corrected chi connectivity index (χ0v) is 22.9. The number of benzene rings is 1. The van der Waals surface area contributed by atoms with Gasteiger partial charge in [0.15, 0.2) is 5.16 Å². The van der Waals surface area contributed by atoms with E-state index in [-0.39, 0.29) is 34.9 Å². The van der Waals surface area contributed by atoms with Crippen LogP contribution in [0.3, 0.4) is 0 Å². The Morgan fingerprint density at radius 2 is 1.82 bits per heavy atom. The van der Waals surface area contributed by atoms with E-state index in [2.05, 4.69) is 9.97 Å². The van der Waals surface area contributed by atoms with Gasteiger partial charge in [0.25, 0.3) is 5.91 Å². The summed E-state index contributed by atoms with van der Waals surface area (Å²) in [6.07, 6.45) is -0.359. The van der Waals surface area contributed by atoms with Crippen LogP contribution in [0.25, 0.3) is 0 Å². The maximum absolute atomic E-state index is 13.6. The van der Waals surface area contributed by atoms with Gasteiger partial charge in [-0.05, 0) is 32.0 Å². The maximum atomic E-state index is 13.6. The predicted molar refractivity (Wildman–Crippen MR) is 142 cm³/mol. The highest BCUT2D eigenvalue weighted by Gasteiger charge is 2.30. The van der Waals surface area contributed by atoms with Gasteiger partial charge >= 0.3 is 6.09 Å². The first-order valence-corrected chi connectivity index (χ1v) is 13.8. The van der Waals surface area contributed by atoms with Gasteiger partial charge in [0.05, 0.1) is 12.4 Å². The van der Waals surface area contributed by atoms with Crippen LogP contribution >= 0.6 is 23.4 Å². The topological polar surface area (TPSA) is 99.2 Å². The molecule has 1 aromatic carbocycles. The molecule has 204 valence electrons. The van der Waals surface area contributed by atoms with Crippen molar-refractivity contribution < 1.29 is 23.5 Å². The van der Waals surface area contributed by atoms with Gasteiger partial charge in [0, 0.05) is 63.5 Å². The molecule has 1 unspecified atom stereocenters. The molecule has 0 saturated carbocycles. The molecular formula is C25H30ClFN6O4S. The van der Waals surface area contributed by atoms with Crippen molar-refractivity contribution in [2.75, 3.05) is 63.1 Å². The number of thioether (sulfide) groups is 1. The van der Waals surface area contributed by atoms with E-state index in [9.17, 15) is 18.8 Å². The minimum atomic E-state index is -0.444. The Hall–Kier alpha value is -3.12. The van der Waals surface area contributed by atoms with Crippen molar-refractivity contribution in [3.05, 3.63) is 46.9 Å². The van der Waals surface area contributed by atoms with Gasteiger partial charge in [0.1, 0.15) is 16.8 Å². The molecule has 0 aliphatic carbocycles. The molecule has 13 heteroatoms. The van der Waals surface area contributed by atoms with Gasteiger partial charge in [-0.15, -0.1) is 0 Å². The molecule has 0 N–H and O–H groups in total. The number of aromatic nitrogens is 2. The highest BCUT2D eigenvalue weighted by molar-refractivity contribution is 7.99. The number of halogens is 2. The van der Waals surface area contributed by atoms with Crippen LogP contribution in [0.4, 0.5) is 15.0 Å². The Bertz CT molecular complexity index is 1180. The number of ether oxygens (including phenoxy) is 1. The molecule has 2 saturated heterocycles. The van der Waals surface area contributed by atoms with Crippen LogP contribution < -0.4 is 4.90 Å². The van der Waals surface area contributed by atoms with Crippen LogP contribution in [-0.4, -0.2) is 107 Å². The second-order valence-corrected chi connectivity index (χ2v) is 10.3. The van der Waals surface area contributed by atoms with Crippen molar-refractivity contribution in [2.24, 2.45) is 0 Å². The lowest BCUT2D eigenvalue weighted by Crippen LogP contribution is -2.54. The van der Waals surface area contributed by atoms with E-state index >= 15 is 0 Å². The van der Waals surface area contributed by atoms with Gasteiger partial charge in [-0.3, -0.25) is 9.59 Å². The third kappa shape index (κ3) is 6.84. The molecule has 3 heterocycles. The first kappa shape index (κ1) is 27.9. The van der Waals surface area contributed by atoms with Crippen molar-refractivity contribution in [2.45, 2.75) is 25.0 Å². The normalized spacial score (nSPS) is 17.9. The number of amides is 3. The van der Waals surface area contributed by atoms with E-state index in [1.807, 2.05) is 11.8 Å². The Balaban J connectivity index is 1.32. The highest BCUT2D eigenvalue weighted by atomic mass is 35.5. The van der Waals surface area contributed by atoms with E-state index < -0.39 is 5.82 Å². The second kappa shape index (κ2) is 12.6. The van der Waals surface area contributed by atoms with E-state index in [4.69, 9.17) is 16.3 Å². The average Bonchev–Trinajstić information content (AvgIpc) is 2.91. The fourth-order valence-corrected chi connectivity index (χ4v) is 5.42. The molecule has 3 amide bonds. The predicted octanol–water partition coefficient (Wildman–Crippen LogP) is 3.01. The first-order chi connectivity index (χ1) is 18.2. The molecule has 2 aliphatic heterocycles. The molecule has 1 atom stereocenters. The van der Waals surface area contributed by atoms with Gasteiger partial charge in [-0.25, -0.2) is 19.2 Å². The Morgan fingerprint density at radius 1 is 1.08 bits per heavy atom. The molecule has 2 fully saturated rings. The number of hydrogen-bond donors (Lipinski definition) is 0. The Morgan fingerprint density at radius 3 is 2.50 bits per heavy atom. The standard InChI is InChI=1S/C25H30ClFN6O4S/c1-3-37-25(36)31-9-7-30(8-10-31)22(34)16-38-24-28-20(26)14-21(29-24)32-11-12-33(17(2)15-32)23(35)18-5-4-6-19(27)13-18/h4-6,13-14,17H,3,7-12,15-16H2,1-2H3. The number of hydrogen-bond acceptors (Lipinski definition) is 8. The van der Waals surface area contributed by atoms with E-state index in [0.717, 1.165) is 0 Å². The monoisotopic (exact) mass is 564 g/mol. The summed E-state index contributed by atoms with van der Waals surface area (Å²) in [4.78, 5) is 53.4. The Labute approximate surface area is 230 Å². The van der Waals surface area contributed by atoms with E-state index in [1.165, 1.54) is 30.0 Å². The van der Waals surface area contributed by atoms with Crippen LogP contribution in [0.2, 0.25) is 5.15 Å². The number of carbonyl (C=O) groups excluding carboxylic acids is 3. The van der Waals surface area contributed by atoms with Crippen LogP contribution in [0.15, 0.2) is 35.5 Å². The highest BCUT2D eigenvalue weighted by Crippen LogP contribution is 2.25. The van der Waals surface area contributed by atoms with Crippen LogP contribution in [0, 0.1) is 5.82 Å². The van der Waals surface area contributed by atoms with Gasteiger partial charge in [0.2, 0.25) is 5.91 Å². The molecule has 10 nitrogen and oxygen atoms in total. The lowest BCUT2D eigenvalue weighted by molar-refractivity contribution is -0.129. The number of nitrogens with zero attached hydrogens (tertiary/aromatic N) is 6. The second-order valence-electron chi connectivity index (χ2n) is 8.99. The lowest BCUT2D eigenvalue weighted by Gasteiger charge is -2.40. The molecule has 38 heavy (non-hydrogen) atoms. The minimum absolute atomic E-state index is 0.0678. The summed E-state index contributed by atoms with van der Waals surface area (Å²) >= 11 is 7.48. The average molecular weight is 565 g/mol. The van der Waals surface area contributed by atoms with Crippen molar-refractivity contribution >= 4 is 47.1 Å². The fourth-order valence-electron chi connectivity index (χ4n) is 4.44. The van der Waals surface area contributed by atoms with E-state index in [1.54, 1.807) is 33.8 Å². The summed E-state index contributed by atoms with van der Waals surface area (Å²) in [6, 6.07) is 7.22. The molecule has 0 radical (unpaired) electrons. The number of piperazine rings is 2. The summed E-state index contributed by atoms with van der Waals surface area (Å²) in [5.74, 6) is 0.0377. The van der Waals surface area contributed by atoms with Crippen molar-refractivity contribution in [1.82, 2.24) is 24.7 Å². The van der Waals surface area contributed by atoms with Crippen molar-refractivity contribution in [3.8, 4) is 0 Å². The largest absolute Gasteiger partial charge is 0.450 e. The zero-order valence-electron chi connectivity index (χ0n) is 21.3. The summed E-state index contributed by atoms with van der Waals surface area (Å²) in [6.45, 7) is 7.23. The van der Waals surface area contributed by atoms with Gasteiger partial charge in [-0.1, -0.05) is 29.4 Å². The van der Waals surface area contributed by atoms with Crippen molar-refractivity contribution in [3.63, 3.8) is 0 Å². The SMILES string of the molecule is CCOC(=O)N1CCN(C(=O)CSc2nc(Cl)cc(N3CCN(C(=O)c4cccc(F)c4)C(C)C3)n2)CC1. The quantitative estimate of drug-likeness (QED) is 0.300. The minimum Gasteiger partial charge on any atom is -0.450 e. The lowest BCUT2D eigenvalue weighted by atomic mass is 10.1. The van der Waals surface area contributed by atoms with Gasteiger partial charge < -0.3 is 24.3 Å². The summed E-state index contributed by atoms with van der Waals surface area (Å²) < 4.78 is 18.6.